The lowest BCUT2D eigenvalue weighted by Crippen LogP contribution is -2.27. The van der Waals surface area contributed by atoms with Crippen LogP contribution < -0.4 is 10.5 Å². The van der Waals surface area contributed by atoms with Crippen LogP contribution in [0, 0.1) is 12.7 Å². The van der Waals surface area contributed by atoms with E-state index in [0.717, 1.165) is 16.7 Å². The number of aromatic nitrogens is 1. The maximum atomic E-state index is 14.7. The Balaban J connectivity index is 1.90. The van der Waals surface area contributed by atoms with Crippen LogP contribution in [0.2, 0.25) is 5.02 Å². The summed E-state index contributed by atoms with van der Waals surface area (Å²) in [6.45, 7) is 2.09. The number of nitrogens with two attached hydrogens (primary N) is 1. The second-order valence-electron chi connectivity index (χ2n) is 6.89. The smallest absolute Gasteiger partial charge is 0.283 e. The fourth-order valence-corrected chi connectivity index (χ4v) is 3.78. The van der Waals surface area contributed by atoms with E-state index in [0.29, 0.717) is 21.9 Å². The van der Waals surface area contributed by atoms with Gasteiger partial charge in [0.15, 0.2) is 5.54 Å². The molecule has 0 saturated heterocycles. The van der Waals surface area contributed by atoms with Crippen molar-refractivity contribution in [2.45, 2.75) is 12.5 Å². The van der Waals surface area contributed by atoms with Gasteiger partial charge < -0.3 is 15.2 Å². The van der Waals surface area contributed by atoms with Crippen LogP contribution in [0.15, 0.2) is 59.9 Å². The Kier molecular flexibility index (Phi) is 4.88. The first-order chi connectivity index (χ1) is 13.9. The summed E-state index contributed by atoms with van der Waals surface area (Å²) in [7, 11) is 1.55. The van der Waals surface area contributed by atoms with E-state index in [-0.39, 0.29) is 18.4 Å². The lowest BCUT2D eigenvalue weighted by Gasteiger charge is -2.26. The van der Waals surface area contributed by atoms with Gasteiger partial charge in [-0.3, -0.25) is 4.98 Å². The molecule has 3 aromatic rings. The number of halogens is 2. The first-order valence-corrected chi connectivity index (χ1v) is 9.35. The number of nitrogens with zero attached hydrogens (tertiary/aromatic N) is 2. The number of pyridine rings is 1. The molecule has 148 valence electrons. The fraction of sp³-hybridized carbons (Fsp3) is 0.182. The van der Waals surface area contributed by atoms with Gasteiger partial charge in [-0.05, 0) is 53.9 Å². The van der Waals surface area contributed by atoms with E-state index < -0.39 is 5.54 Å². The van der Waals surface area contributed by atoms with Gasteiger partial charge in [-0.1, -0.05) is 23.7 Å². The van der Waals surface area contributed by atoms with E-state index in [1.807, 2.05) is 19.1 Å². The molecule has 1 unspecified atom stereocenters. The Hall–Kier alpha value is -3.12. The van der Waals surface area contributed by atoms with Crippen molar-refractivity contribution in [2.75, 3.05) is 13.7 Å². The maximum absolute atomic E-state index is 14.7. The number of methoxy groups -OCH3 is 1. The Bertz CT molecular complexity index is 1120. The zero-order chi connectivity index (χ0) is 20.6. The van der Waals surface area contributed by atoms with E-state index in [9.17, 15) is 4.39 Å². The summed E-state index contributed by atoms with van der Waals surface area (Å²) in [5.41, 5.74) is 8.47. The van der Waals surface area contributed by atoms with Crippen molar-refractivity contribution >= 4 is 17.6 Å². The molecule has 2 aromatic carbocycles. The molecule has 0 amide bonds. The number of aliphatic imine (C=N–C) groups is 1. The molecule has 0 bridgehead atoms. The molecule has 5 nitrogen and oxygen atoms in total. The average molecular weight is 412 g/mol. The van der Waals surface area contributed by atoms with Crippen LogP contribution in [-0.2, 0) is 10.3 Å². The molecule has 0 saturated carbocycles. The lowest BCUT2D eigenvalue weighted by molar-refractivity contribution is 0.278. The summed E-state index contributed by atoms with van der Waals surface area (Å²) in [6, 6.07) is 12.2. The van der Waals surface area contributed by atoms with Gasteiger partial charge in [-0.15, -0.1) is 0 Å². The highest BCUT2D eigenvalue weighted by molar-refractivity contribution is 6.32. The molecule has 0 radical (unpaired) electrons. The minimum absolute atomic E-state index is 0.0695. The van der Waals surface area contributed by atoms with Gasteiger partial charge in [0.25, 0.3) is 6.02 Å². The van der Waals surface area contributed by atoms with Crippen molar-refractivity contribution < 1.29 is 13.9 Å². The zero-order valence-electron chi connectivity index (χ0n) is 15.9. The highest BCUT2D eigenvalue weighted by Crippen LogP contribution is 2.41. The first kappa shape index (κ1) is 19.2. The lowest BCUT2D eigenvalue weighted by atomic mass is 9.83. The van der Waals surface area contributed by atoms with Gasteiger partial charge in [0.1, 0.15) is 18.2 Å². The van der Waals surface area contributed by atoms with Crippen molar-refractivity contribution in [3.63, 3.8) is 0 Å². The Morgan fingerprint density at radius 3 is 2.55 bits per heavy atom. The monoisotopic (exact) mass is 411 g/mol. The average Bonchev–Trinajstić information content (AvgIpc) is 3.11. The number of ether oxygens (including phenoxy) is 2. The van der Waals surface area contributed by atoms with Crippen LogP contribution in [0.5, 0.6) is 5.75 Å². The molecule has 4 rings (SSSR count). The van der Waals surface area contributed by atoms with Gasteiger partial charge in [0.2, 0.25) is 0 Å². The predicted molar refractivity (Wildman–Crippen MR) is 111 cm³/mol. The number of hydrogen-bond donors (Lipinski definition) is 1. The molecule has 1 atom stereocenters. The molecule has 2 N–H and O–H groups in total. The highest BCUT2D eigenvalue weighted by atomic mass is 35.5. The van der Waals surface area contributed by atoms with Crippen LogP contribution >= 0.6 is 11.6 Å². The summed E-state index contributed by atoms with van der Waals surface area (Å²) in [5, 5.41) is 0.440. The van der Waals surface area contributed by atoms with Gasteiger partial charge in [0.05, 0.1) is 12.1 Å². The third-order valence-corrected chi connectivity index (χ3v) is 5.28. The van der Waals surface area contributed by atoms with E-state index in [1.54, 1.807) is 43.8 Å². The highest BCUT2D eigenvalue weighted by Gasteiger charge is 2.41. The van der Waals surface area contributed by atoms with E-state index in [1.165, 1.54) is 6.07 Å². The Morgan fingerprint density at radius 1 is 1.14 bits per heavy atom. The van der Waals surface area contributed by atoms with Crippen LogP contribution in [0.3, 0.4) is 0 Å². The third kappa shape index (κ3) is 3.40. The van der Waals surface area contributed by atoms with Crippen LogP contribution in [0.4, 0.5) is 4.39 Å². The van der Waals surface area contributed by atoms with Crippen LogP contribution in [-0.4, -0.2) is 24.7 Å². The number of aryl methyl sites for hydroxylation is 1. The maximum Gasteiger partial charge on any atom is 0.283 e. The minimum atomic E-state index is -0.945. The van der Waals surface area contributed by atoms with Crippen LogP contribution in [0.25, 0.3) is 11.1 Å². The third-order valence-electron chi connectivity index (χ3n) is 4.99. The molecule has 0 aliphatic carbocycles. The second-order valence-corrected chi connectivity index (χ2v) is 7.30. The SMILES string of the molecule is COc1ccc(C2(c3ccc(F)c(-c4cncc(C)c4)c3)COC(N)=N2)cc1Cl. The second kappa shape index (κ2) is 7.37. The summed E-state index contributed by atoms with van der Waals surface area (Å²) >= 11 is 6.35. The van der Waals surface area contributed by atoms with Crippen LogP contribution in [0.1, 0.15) is 16.7 Å². The van der Waals surface area contributed by atoms with Crippen molar-refractivity contribution in [1.82, 2.24) is 4.98 Å². The van der Waals surface area contributed by atoms with E-state index in [4.69, 9.17) is 26.8 Å². The number of rotatable bonds is 4. The molecular formula is C22H19ClFN3O2. The van der Waals surface area contributed by atoms with Crippen molar-refractivity contribution in [3.8, 4) is 16.9 Å². The normalized spacial score (nSPS) is 18.3. The summed E-state index contributed by atoms with van der Waals surface area (Å²) in [6.07, 6.45) is 3.36. The standard InChI is InChI=1S/C22H19ClFN3O2/c1-13-7-14(11-26-10-13)17-8-15(3-5-19(17)24)22(12-29-21(25)27-22)16-4-6-20(28-2)18(23)9-16/h3-11H,12H2,1-2H3,(H2,25,27). The topological polar surface area (TPSA) is 69.7 Å². The van der Waals surface area contributed by atoms with Crippen molar-refractivity contribution in [3.05, 3.63) is 82.4 Å². The molecule has 2 heterocycles. The molecule has 1 aliphatic heterocycles. The first-order valence-electron chi connectivity index (χ1n) is 8.97. The Labute approximate surface area is 173 Å². The molecule has 0 fully saturated rings. The molecule has 1 aliphatic rings. The number of benzene rings is 2. The summed E-state index contributed by atoms with van der Waals surface area (Å²) < 4.78 is 25.4. The van der Waals surface area contributed by atoms with Gasteiger partial charge >= 0.3 is 0 Å². The number of amidine groups is 1. The Morgan fingerprint density at radius 2 is 1.90 bits per heavy atom. The molecule has 29 heavy (non-hydrogen) atoms. The quantitative estimate of drug-likeness (QED) is 0.688. The van der Waals surface area contributed by atoms with Gasteiger partial charge in [-0.2, -0.15) is 0 Å². The van der Waals surface area contributed by atoms with Crippen molar-refractivity contribution in [1.29, 1.82) is 0 Å². The molecule has 1 aromatic heterocycles. The fourth-order valence-electron chi connectivity index (χ4n) is 3.52. The predicted octanol–water partition coefficient (Wildman–Crippen LogP) is 4.45. The number of hydrogen-bond acceptors (Lipinski definition) is 5. The van der Waals surface area contributed by atoms with Gasteiger partial charge in [0, 0.05) is 23.5 Å². The molecule has 0 spiro atoms. The van der Waals surface area contributed by atoms with E-state index >= 15 is 0 Å². The summed E-state index contributed by atoms with van der Waals surface area (Å²) in [4.78, 5) is 8.75. The zero-order valence-corrected chi connectivity index (χ0v) is 16.7. The minimum Gasteiger partial charge on any atom is -0.495 e. The van der Waals surface area contributed by atoms with Crippen molar-refractivity contribution in [2.24, 2.45) is 10.7 Å². The molecule has 7 heteroatoms. The largest absolute Gasteiger partial charge is 0.495 e. The van der Waals surface area contributed by atoms with Gasteiger partial charge in [-0.25, -0.2) is 9.38 Å². The van der Waals surface area contributed by atoms with E-state index in [2.05, 4.69) is 9.98 Å². The molecular weight excluding hydrogens is 393 g/mol. The summed E-state index contributed by atoms with van der Waals surface area (Å²) in [5.74, 6) is 0.201.